The van der Waals surface area contributed by atoms with Gasteiger partial charge >= 0.3 is 0 Å². The Balaban J connectivity index is 1.82. The zero-order valence-corrected chi connectivity index (χ0v) is 16.5. The van der Waals surface area contributed by atoms with Crippen LogP contribution in [0.1, 0.15) is 30.5 Å². The lowest BCUT2D eigenvalue weighted by atomic mass is 10.1. The quantitative estimate of drug-likeness (QED) is 0.804. The van der Waals surface area contributed by atoms with E-state index in [2.05, 4.69) is 20.7 Å². The van der Waals surface area contributed by atoms with Gasteiger partial charge in [0.25, 0.3) is 0 Å². The summed E-state index contributed by atoms with van der Waals surface area (Å²) in [5, 5.41) is 0. The van der Waals surface area contributed by atoms with Crippen molar-refractivity contribution in [3.63, 3.8) is 0 Å². The van der Waals surface area contributed by atoms with E-state index in [-0.39, 0.29) is 4.90 Å². The summed E-state index contributed by atoms with van der Waals surface area (Å²) < 4.78 is 40.2. The molecule has 2 aromatic rings. The second-order valence-corrected chi connectivity index (χ2v) is 8.58. The molecule has 0 spiro atoms. The lowest BCUT2D eigenvalue weighted by Crippen LogP contribution is -2.27. The number of rotatable bonds is 4. The number of fused-ring (bicyclic) bond motifs is 1. The Morgan fingerprint density at radius 2 is 1.80 bits per heavy atom. The van der Waals surface area contributed by atoms with Crippen molar-refractivity contribution >= 4 is 26.0 Å². The van der Waals surface area contributed by atoms with E-state index < -0.39 is 16.1 Å². The third kappa shape index (κ3) is 4.16. The van der Waals surface area contributed by atoms with Crippen molar-refractivity contribution in [1.82, 2.24) is 4.72 Å². The lowest BCUT2D eigenvalue weighted by molar-refractivity contribution is 0.297. The maximum absolute atomic E-state index is 12.6. The molecule has 3 rings (SSSR count). The minimum Gasteiger partial charge on any atom is -0.490 e. The van der Waals surface area contributed by atoms with E-state index in [1.54, 1.807) is 18.2 Å². The maximum Gasteiger partial charge on any atom is 0.241 e. The van der Waals surface area contributed by atoms with E-state index in [9.17, 15) is 8.42 Å². The van der Waals surface area contributed by atoms with Crippen LogP contribution in [0.4, 0.5) is 0 Å². The Hall–Kier alpha value is -1.57. The summed E-state index contributed by atoms with van der Waals surface area (Å²) in [6.07, 6.45) is 0.828. The molecule has 0 aliphatic carbocycles. The third-order valence-corrected chi connectivity index (χ3v) is 6.47. The largest absolute Gasteiger partial charge is 0.490 e. The topological polar surface area (TPSA) is 64.6 Å². The Kier molecular flexibility index (Phi) is 5.36. The standard InChI is InChI=1S/C18H20BrNO4S/c1-12-10-15(5-6-16(12)19)25(21,22)20-13(2)14-4-7-17-18(11-14)24-9-3-8-23-17/h4-7,10-11,13,20H,3,8-9H2,1-2H3. The summed E-state index contributed by atoms with van der Waals surface area (Å²) in [6.45, 7) is 4.88. The first kappa shape index (κ1) is 18.2. The molecule has 7 heteroatoms. The van der Waals surface area contributed by atoms with Gasteiger partial charge in [0.1, 0.15) is 0 Å². The highest BCUT2D eigenvalue weighted by Crippen LogP contribution is 2.32. The van der Waals surface area contributed by atoms with E-state index >= 15 is 0 Å². The molecule has 134 valence electrons. The van der Waals surface area contributed by atoms with Crippen molar-refractivity contribution in [3.05, 3.63) is 52.0 Å². The lowest BCUT2D eigenvalue weighted by Gasteiger charge is -2.17. The van der Waals surface area contributed by atoms with Crippen molar-refractivity contribution in [2.45, 2.75) is 31.2 Å². The predicted octanol–water partition coefficient (Wildman–Crippen LogP) is 3.96. The van der Waals surface area contributed by atoms with Crippen LogP contribution >= 0.6 is 15.9 Å². The zero-order valence-electron chi connectivity index (χ0n) is 14.1. The average molecular weight is 426 g/mol. The van der Waals surface area contributed by atoms with Crippen molar-refractivity contribution < 1.29 is 17.9 Å². The fourth-order valence-electron chi connectivity index (χ4n) is 2.60. The number of hydrogen-bond donors (Lipinski definition) is 1. The Morgan fingerprint density at radius 3 is 2.52 bits per heavy atom. The van der Waals surface area contributed by atoms with Gasteiger partial charge in [-0.05, 0) is 55.3 Å². The monoisotopic (exact) mass is 425 g/mol. The van der Waals surface area contributed by atoms with E-state index in [1.165, 1.54) is 0 Å². The summed E-state index contributed by atoms with van der Waals surface area (Å²) in [6, 6.07) is 10.1. The molecule has 5 nitrogen and oxygen atoms in total. The van der Waals surface area contributed by atoms with Gasteiger partial charge in [0, 0.05) is 16.9 Å². The number of aryl methyl sites for hydroxylation is 1. The van der Waals surface area contributed by atoms with Gasteiger partial charge in [-0.15, -0.1) is 0 Å². The summed E-state index contributed by atoms with van der Waals surface area (Å²) in [5.74, 6) is 1.35. The Morgan fingerprint density at radius 1 is 1.08 bits per heavy atom. The van der Waals surface area contributed by atoms with Crippen molar-refractivity contribution in [2.75, 3.05) is 13.2 Å². The molecule has 2 aromatic carbocycles. The first-order valence-corrected chi connectivity index (χ1v) is 10.3. The third-order valence-electron chi connectivity index (χ3n) is 4.04. The van der Waals surface area contributed by atoms with Gasteiger partial charge in [0.15, 0.2) is 11.5 Å². The van der Waals surface area contributed by atoms with Gasteiger partial charge < -0.3 is 9.47 Å². The van der Waals surface area contributed by atoms with Crippen LogP contribution in [0.3, 0.4) is 0 Å². The number of ether oxygens (including phenoxy) is 2. The van der Waals surface area contributed by atoms with Gasteiger partial charge in [-0.3, -0.25) is 0 Å². The van der Waals surface area contributed by atoms with Gasteiger partial charge in [-0.25, -0.2) is 13.1 Å². The van der Waals surface area contributed by atoms with Crippen LogP contribution in [-0.4, -0.2) is 21.6 Å². The Bertz CT molecular complexity index is 883. The molecule has 0 amide bonds. The molecule has 1 heterocycles. The molecule has 1 N–H and O–H groups in total. The molecule has 0 aromatic heterocycles. The van der Waals surface area contributed by atoms with Crippen LogP contribution in [0.5, 0.6) is 11.5 Å². The minimum absolute atomic E-state index is 0.245. The summed E-state index contributed by atoms with van der Waals surface area (Å²) >= 11 is 3.38. The van der Waals surface area contributed by atoms with Gasteiger partial charge in [0.2, 0.25) is 10.0 Å². The molecular formula is C18H20BrNO4S. The minimum atomic E-state index is -3.62. The first-order chi connectivity index (χ1) is 11.9. The zero-order chi connectivity index (χ0) is 18.0. The molecular weight excluding hydrogens is 406 g/mol. The SMILES string of the molecule is Cc1cc(S(=O)(=O)NC(C)c2ccc3c(c2)OCCCO3)ccc1Br. The number of halogens is 1. The summed E-state index contributed by atoms with van der Waals surface area (Å²) in [4.78, 5) is 0.245. The second kappa shape index (κ2) is 7.35. The van der Waals surface area contributed by atoms with Crippen molar-refractivity contribution in [2.24, 2.45) is 0 Å². The molecule has 0 saturated carbocycles. The van der Waals surface area contributed by atoms with Gasteiger partial charge in [0.05, 0.1) is 18.1 Å². The molecule has 1 unspecified atom stereocenters. The molecule has 0 fully saturated rings. The number of nitrogens with one attached hydrogen (secondary N) is 1. The normalized spacial score (nSPS) is 15.5. The Labute approximate surface area is 156 Å². The van der Waals surface area contributed by atoms with Gasteiger partial charge in [-0.1, -0.05) is 22.0 Å². The molecule has 0 radical (unpaired) electrons. The first-order valence-electron chi connectivity index (χ1n) is 8.05. The predicted molar refractivity (Wildman–Crippen MR) is 99.7 cm³/mol. The number of sulfonamides is 1. The van der Waals surface area contributed by atoms with Crippen LogP contribution < -0.4 is 14.2 Å². The molecule has 1 atom stereocenters. The smallest absolute Gasteiger partial charge is 0.241 e. The van der Waals surface area contributed by atoms with Crippen LogP contribution in [0.15, 0.2) is 45.8 Å². The molecule has 25 heavy (non-hydrogen) atoms. The van der Waals surface area contributed by atoms with Crippen molar-refractivity contribution in [3.8, 4) is 11.5 Å². The number of benzene rings is 2. The van der Waals surface area contributed by atoms with Crippen LogP contribution in [-0.2, 0) is 10.0 Å². The summed E-state index contributed by atoms with van der Waals surface area (Å²) in [7, 11) is -3.62. The fourth-order valence-corrected chi connectivity index (χ4v) is 4.17. The fraction of sp³-hybridized carbons (Fsp3) is 0.333. The van der Waals surface area contributed by atoms with Crippen LogP contribution in [0.25, 0.3) is 0 Å². The van der Waals surface area contributed by atoms with Crippen LogP contribution in [0.2, 0.25) is 0 Å². The van der Waals surface area contributed by atoms with E-state index in [0.29, 0.717) is 24.7 Å². The highest BCUT2D eigenvalue weighted by Gasteiger charge is 2.20. The van der Waals surface area contributed by atoms with Gasteiger partial charge in [-0.2, -0.15) is 0 Å². The van der Waals surface area contributed by atoms with E-state index in [4.69, 9.17) is 9.47 Å². The second-order valence-electron chi connectivity index (χ2n) is 6.01. The summed E-state index contributed by atoms with van der Waals surface area (Å²) in [5.41, 5.74) is 1.69. The average Bonchev–Trinajstić information content (AvgIpc) is 2.81. The molecule has 1 aliphatic heterocycles. The molecule has 0 bridgehead atoms. The molecule has 0 saturated heterocycles. The number of hydrogen-bond acceptors (Lipinski definition) is 4. The highest BCUT2D eigenvalue weighted by atomic mass is 79.9. The van der Waals surface area contributed by atoms with Crippen LogP contribution in [0, 0.1) is 6.92 Å². The maximum atomic E-state index is 12.6. The van der Waals surface area contributed by atoms with E-state index in [1.807, 2.05) is 32.0 Å². The van der Waals surface area contributed by atoms with E-state index in [0.717, 1.165) is 22.0 Å². The van der Waals surface area contributed by atoms with Crippen molar-refractivity contribution in [1.29, 1.82) is 0 Å². The highest BCUT2D eigenvalue weighted by molar-refractivity contribution is 9.10. The molecule has 1 aliphatic rings.